The number of nitrogens with one attached hydrogen (secondary N) is 1. The van der Waals surface area contributed by atoms with Crippen LogP contribution in [0.4, 0.5) is 10.6 Å². The van der Waals surface area contributed by atoms with Gasteiger partial charge in [-0.25, -0.2) is 24.5 Å². The number of carbonyl (C=O) groups is 2. The van der Waals surface area contributed by atoms with E-state index in [0.29, 0.717) is 36.6 Å². The minimum atomic E-state index is -0.529. The zero-order valence-corrected chi connectivity index (χ0v) is 16.9. The van der Waals surface area contributed by atoms with E-state index in [0.717, 1.165) is 6.42 Å². The first kappa shape index (κ1) is 19.8. The largest absolute Gasteiger partial charge is 0.463 e. The number of aryl methyl sites for hydroxylation is 1. The van der Waals surface area contributed by atoms with E-state index in [9.17, 15) is 9.59 Å². The summed E-state index contributed by atoms with van der Waals surface area (Å²) in [4.78, 5) is 38.9. The number of hydrogen-bond donors (Lipinski definition) is 1. The van der Waals surface area contributed by atoms with Crippen molar-refractivity contribution in [3.63, 3.8) is 0 Å². The maximum absolute atomic E-state index is 12.2. The molecule has 2 aromatic heterocycles. The molecule has 152 valence electrons. The maximum atomic E-state index is 12.2. The third kappa shape index (κ3) is 4.00. The number of anilines is 1. The maximum Gasteiger partial charge on any atom is 0.410 e. The fourth-order valence-electron chi connectivity index (χ4n) is 3.15. The molecule has 1 fully saturated rings. The zero-order chi connectivity index (χ0) is 20.5. The number of ether oxygens (including phenoxy) is 2. The van der Waals surface area contributed by atoms with Crippen molar-refractivity contribution in [3.05, 3.63) is 12.2 Å². The number of likely N-dealkylation sites (tertiary alicyclic amines) is 1. The highest BCUT2D eigenvalue weighted by Crippen LogP contribution is 2.24. The van der Waals surface area contributed by atoms with Crippen molar-refractivity contribution in [3.8, 4) is 0 Å². The minimum absolute atomic E-state index is 0.000952. The highest BCUT2D eigenvalue weighted by Gasteiger charge is 2.30. The summed E-state index contributed by atoms with van der Waals surface area (Å²) in [6.45, 7) is 9.05. The molecule has 10 nitrogen and oxygen atoms in total. The van der Waals surface area contributed by atoms with Crippen molar-refractivity contribution >= 4 is 29.0 Å². The molecule has 0 radical (unpaired) electrons. The molecule has 0 aliphatic carbocycles. The number of carbonyl (C=O) groups excluding carboxylic acids is 2. The van der Waals surface area contributed by atoms with Gasteiger partial charge >= 0.3 is 12.1 Å². The van der Waals surface area contributed by atoms with Crippen molar-refractivity contribution in [1.82, 2.24) is 24.4 Å². The van der Waals surface area contributed by atoms with Gasteiger partial charge in [-0.1, -0.05) is 0 Å². The lowest BCUT2D eigenvalue weighted by atomic mass is 10.2. The van der Waals surface area contributed by atoms with E-state index in [1.807, 2.05) is 27.7 Å². The second-order valence-electron chi connectivity index (χ2n) is 7.62. The number of aromatic nitrogens is 4. The van der Waals surface area contributed by atoms with E-state index in [1.165, 1.54) is 13.4 Å². The van der Waals surface area contributed by atoms with Gasteiger partial charge in [0.1, 0.15) is 11.9 Å². The molecule has 1 N–H and O–H groups in total. The first-order chi connectivity index (χ1) is 13.2. The molecule has 28 heavy (non-hydrogen) atoms. The molecule has 1 unspecified atom stereocenters. The van der Waals surface area contributed by atoms with E-state index >= 15 is 0 Å². The van der Waals surface area contributed by atoms with E-state index < -0.39 is 11.6 Å². The third-order valence-electron chi connectivity index (χ3n) is 4.40. The second-order valence-corrected chi connectivity index (χ2v) is 7.62. The Kier molecular flexibility index (Phi) is 5.39. The van der Waals surface area contributed by atoms with Gasteiger partial charge in [-0.2, -0.15) is 0 Å². The average molecular weight is 390 g/mol. The van der Waals surface area contributed by atoms with Crippen molar-refractivity contribution in [1.29, 1.82) is 0 Å². The first-order valence-electron chi connectivity index (χ1n) is 9.27. The van der Waals surface area contributed by atoms with Gasteiger partial charge in [-0.3, -0.25) is 0 Å². The molecule has 0 spiro atoms. The summed E-state index contributed by atoms with van der Waals surface area (Å²) in [5.74, 6) is 0.187. The van der Waals surface area contributed by atoms with Gasteiger partial charge in [0, 0.05) is 25.7 Å². The predicted octanol–water partition coefficient (Wildman–Crippen LogP) is 2.05. The number of methoxy groups -OCH3 is 1. The van der Waals surface area contributed by atoms with Gasteiger partial charge in [0.15, 0.2) is 17.0 Å². The number of amides is 1. The fourth-order valence-corrected chi connectivity index (χ4v) is 3.15. The van der Waals surface area contributed by atoms with Gasteiger partial charge in [0.25, 0.3) is 0 Å². The lowest BCUT2D eigenvalue weighted by molar-refractivity contribution is 0.0293. The first-order valence-corrected chi connectivity index (χ1v) is 9.27. The molecule has 3 heterocycles. The lowest BCUT2D eigenvalue weighted by Crippen LogP contribution is -2.36. The number of nitrogens with zero attached hydrogens (tertiary/aromatic N) is 5. The van der Waals surface area contributed by atoms with Crippen LogP contribution in [0.2, 0.25) is 0 Å². The molecule has 1 aliphatic rings. The van der Waals surface area contributed by atoms with Crippen LogP contribution in [-0.4, -0.2) is 68.3 Å². The molecule has 0 bridgehead atoms. The third-order valence-corrected chi connectivity index (χ3v) is 4.40. The Hall–Kier alpha value is -2.91. The van der Waals surface area contributed by atoms with E-state index in [4.69, 9.17) is 9.47 Å². The topological polar surface area (TPSA) is 111 Å². The molecule has 1 saturated heterocycles. The van der Waals surface area contributed by atoms with Gasteiger partial charge in [-0.05, 0) is 34.1 Å². The summed E-state index contributed by atoms with van der Waals surface area (Å²) in [7, 11) is 1.32. The molecule has 1 aliphatic heterocycles. The predicted molar refractivity (Wildman–Crippen MR) is 102 cm³/mol. The van der Waals surface area contributed by atoms with E-state index in [-0.39, 0.29) is 18.0 Å². The Labute approximate surface area is 163 Å². The van der Waals surface area contributed by atoms with E-state index in [2.05, 4.69) is 20.3 Å². The van der Waals surface area contributed by atoms with Gasteiger partial charge < -0.3 is 24.3 Å². The van der Waals surface area contributed by atoms with Crippen LogP contribution in [0, 0.1) is 0 Å². The standard InChI is InChI=1S/C18H26N6O4/c1-6-24-14-12(22-15(24)16(25)27-5)13(19-10-20-14)21-11-7-8-23(9-11)17(26)28-18(2,3)4/h10-11H,6-9H2,1-5H3,(H,19,20,21). The SMILES string of the molecule is CCn1c(C(=O)OC)nc2c(NC3CCN(C(=O)OC(C)(C)C)C3)ncnc21. The highest BCUT2D eigenvalue weighted by molar-refractivity contribution is 5.93. The van der Waals surface area contributed by atoms with Crippen LogP contribution < -0.4 is 5.32 Å². The molecular weight excluding hydrogens is 364 g/mol. The summed E-state index contributed by atoms with van der Waals surface area (Å²) in [5.41, 5.74) is 0.529. The number of rotatable bonds is 4. The summed E-state index contributed by atoms with van der Waals surface area (Å²) < 4.78 is 11.9. The van der Waals surface area contributed by atoms with Gasteiger partial charge in [-0.15, -0.1) is 0 Å². The Balaban J connectivity index is 1.79. The fraction of sp³-hybridized carbons (Fsp3) is 0.611. The number of esters is 1. The minimum Gasteiger partial charge on any atom is -0.463 e. The molecular formula is C18H26N6O4. The van der Waals surface area contributed by atoms with Crippen molar-refractivity contribution in [2.24, 2.45) is 0 Å². The second kappa shape index (κ2) is 7.61. The van der Waals surface area contributed by atoms with Crippen LogP contribution in [-0.2, 0) is 16.0 Å². The van der Waals surface area contributed by atoms with Crippen LogP contribution in [0.15, 0.2) is 6.33 Å². The number of hydrogen-bond acceptors (Lipinski definition) is 8. The highest BCUT2D eigenvalue weighted by atomic mass is 16.6. The summed E-state index contributed by atoms with van der Waals surface area (Å²) in [6, 6.07) is -0.000952. The molecule has 0 aromatic carbocycles. The Morgan fingerprint density at radius 1 is 1.32 bits per heavy atom. The smallest absolute Gasteiger partial charge is 0.410 e. The van der Waals surface area contributed by atoms with Crippen molar-refractivity contribution in [2.45, 2.75) is 52.3 Å². The summed E-state index contributed by atoms with van der Waals surface area (Å²) in [6.07, 6.45) is 1.86. The molecule has 3 rings (SSSR count). The Morgan fingerprint density at radius 2 is 2.07 bits per heavy atom. The molecule has 2 aromatic rings. The van der Waals surface area contributed by atoms with Crippen LogP contribution in [0.1, 0.15) is 44.7 Å². The van der Waals surface area contributed by atoms with Crippen LogP contribution >= 0.6 is 0 Å². The summed E-state index contributed by atoms with van der Waals surface area (Å²) in [5, 5.41) is 3.32. The molecule has 1 amide bonds. The quantitative estimate of drug-likeness (QED) is 0.790. The van der Waals surface area contributed by atoms with Crippen LogP contribution in [0.3, 0.4) is 0 Å². The summed E-state index contributed by atoms with van der Waals surface area (Å²) >= 11 is 0. The van der Waals surface area contributed by atoms with Crippen molar-refractivity contribution < 1.29 is 19.1 Å². The molecule has 1 atom stereocenters. The van der Waals surface area contributed by atoms with E-state index in [1.54, 1.807) is 9.47 Å². The zero-order valence-electron chi connectivity index (χ0n) is 16.9. The normalized spacial score (nSPS) is 17.0. The molecule has 10 heteroatoms. The van der Waals surface area contributed by atoms with Gasteiger partial charge in [0.2, 0.25) is 5.82 Å². The van der Waals surface area contributed by atoms with Gasteiger partial charge in [0.05, 0.1) is 7.11 Å². The molecule has 0 saturated carbocycles. The average Bonchev–Trinajstić information content (AvgIpc) is 3.24. The monoisotopic (exact) mass is 390 g/mol. The Morgan fingerprint density at radius 3 is 2.71 bits per heavy atom. The van der Waals surface area contributed by atoms with Crippen molar-refractivity contribution in [2.75, 3.05) is 25.5 Å². The van der Waals surface area contributed by atoms with Crippen LogP contribution in [0.5, 0.6) is 0 Å². The number of fused-ring (bicyclic) bond motifs is 1. The van der Waals surface area contributed by atoms with Crippen LogP contribution in [0.25, 0.3) is 11.2 Å². The number of imidazole rings is 1. The Bertz CT molecular complexity index is 888. The lowest BCUT2D eigenvalue weighted by Gasteiger charge is -2.24.